The molecule has 20 heavy (non-hydrogen) atoms. The summed E-state index contributed by atoms with van der Waals surface area (Å²) in [6, 6.07) is 16.6. The summed E-state index contributed by atoms with van der Waals surface area (Å²) >= 11 is 3.66. The molecule has 0 nitrogen and oxygen atoms in total. The lowest BCUT2D eigenvalue weighted by Crippen LogP contribution is -2.24. The van der Waals surface area contributed by atoms with Gasteiger partial charge in [0.15, 0.2) is 0 Å². The van der Waals surface area contributed by atoms with Gasteiger partial charge in [0.2, 0.25) is 0 Å². The lowest BCUT2D eigenvalue weighted by molar-refractivity contribution is 0.435. The van der Waals surface area contributed by atoms with Gasteiger partial charge in [-0.3, -0.25) is 0 Å². The molecule has 2 aromatic carbocycles. The van der Waals surface area contributed by atoms with Gasteiger partial charge in [0, 0.05) is 9.89 Å². The number of hydrogen-bond acceptors (Lipinski definition) is 0. The molecule has 0 heterocycles. The highest BCUT2D eigenvalue weighted by Gasteiger charge is 2.41. The summed E-state index contributed by atoms with van der Waals surface area (Å²) in [5.41, 5.74) is 6.00. The van der Waals surface area contributed by atoms with E-state index in [4.69, 9.17) is 0 Å². The van der Waals surface area contributed by atoms with E-state index in [0.717, 1.165) is 0 Å². The second-order valence-electron chi connectivity index (χ2n) is 5.74. The molecule has 0 amide bonds. The van der Waals surface area contributed by atoms with Crippen LogP contribution in [0.4, 0.5) is 0 Å². The molecule has 0 unspecified atom stereocenters. The number of halogens is 1. The summed E-state index contributed by atoms with van der Waals surface area (Å²) in [7, 11) is 0. The lowest BCUT2D eigenvalue weighted by Gasteiger charge is -2.32. The van der Waals surface area contributed by atoms with Crippen molar-refractivity contribution in [1.29, 1.82) is 0 Å². The molecular formula is C19H20Br. The maximum absolute atomic E-state index is 3.66. The Bertz CT molecular complexity index is 621. The first-order chi connectivity index (χ1) is 9.73. The fourth-order valence-electron chi connectivity index (χ4n) is 3.87. The van der Waals surface area contributed by atoms with Crippen LogP contribution in [0, 0.1) is 6.07 Å². The first kappa shape index (κ1) is 13.9. The summed E-state index contributed by atoms with van der Waals surface area (Å²) in [5, 5.41) is 0. The summed E-state index contributed by atoms with van der Waals surface area (Å²) in [5.74, 6) is 0. The second kappa shape index (κ2) is 5.37. The molecule has 0 fully saturated rings. The van der Waals surface area contributed by atoms with E-state index in [-0.39, 0.29) is 5.41 Å². The van der Waals surface area contributed by atoms with Crippen LogP contribution in [-0.4, -0.2) is 0 Å². The molecule has 0 saturated carbocycles. The van der Waals surface area contributed by atoms with Crippen LogP contribution in [0.25, 0.3) is 11.1 Å². The summed E-state index contributed by atoms with van der Waals surface area (Å²) < 4.78 is 1.18. The third kappa shape index (κ3) is 1.95. The Morgan fingerprint density at radius 1 is 1.00 bits per heavy atom. The maximum atomic E-state index is 3.66. The quantitative estimate of drug-likeness (QED) is 0.634. The maximum Gasteiger partial charge on any atom is 0.0215 e. The summed E-state index contributed by atoms with van der Waals surface area (Å²) in [4.78, 5) is 0. The van der Waals surface area contributed by atoms with Gasteiger partial charge in [-0.25, -0.2) is 0 Å². The highest BCUT2D eigenvalue weighted by atomic mass is 79.9. The Kier molecular flexibility index (Phi) is 3.72. The van der Waals surface area contributed by atoms with E-state index in [0.29, 0.717) is 0 Å². The van der Waals surface area contributed by atoms with Crippen molar-refractivity contribution in [2.24, 2.45) is 0 Å². The van der Waals surface area contributed by atoms with Gasteiger partial charge in [-0.15, -0.1) is 0 Å². The topological polar surface area (TPSA) is 0 Å². The first-order valence-corrected chi connectivity index (χ1v) is 8.33. The third-order valence-corrected chi connectivity index (χ3v) is 5.01. The van der Waals surface area contributed by atoms with Gasteiger partial charge in [-0.05, 0) is 59.4 Å². The molecule has 103 valence electrons. The SMILES string of the molecule is CCCC1(CCC)c2c[c]ccc2-c2ccc(Br)cc21. The number of hydrogen-bond donors (Lipinski definition) is 0. The normalized spacial score (nSPS) is 14.9. The molecule has 1 heteroatoms. The largest absolute Gasteiger partial charge is 0.0653 e. The van der Waals surface area contributed by atoms with Crippen molar-refractivity contribution < 1.29 is 0 Å². The zero-order chi connectivity index (χ0) is 14.2. The van der Waals surface area contributed by atoms with E-state index in [1.54, 1.807) is 0 Å². The summed E-state index contributed by atoms with van der Waals surface area (Å²) in [6.07, 6.45) is 4.85. The van der Waals surface area contributed by atoms with Crippen molar-refractivity contribution in [2.75, 3.05) is 0 Å². The number of fused-ring (bicyclic) bond motifs is 3. The molecular weight excluding hydrogens is 308 g/mol. The molecule has 0 bridgehead atoms. The van der Waals surface area contributed by atoms with Crippen LogP contribution < -0.4 is 0 Å². The van der Waals surface area contributed by atoms with Crippen LogP contribution in [0.5, 0.6) is 0 Å². The van der Waals surface area contributed by atoms with Gasteiger partial charge in [0.05, 0.1) is 0 Å². The van der Waals surface area contributed by atoms with E-state index in [1.807, 2.05) is 6.07 Å². The molecule has 0 saturated heterocycles. The van der Waals surface area contributed by atoms with Crippen molar-refractivity contribution in [2.45, 2.75) is 44.9 Å². The molecule has 0 spiro atoms. The Balaban J connectivity index is 2.30. The third-order valence-electron chi connectivity index (χ3n) is 4.52. The minimum Gasteiger partial charge on any atom is -0.0653 e. The first-order valence-electron chi connectivity index (χ1n) is 7.54. The van der Waals surface area contributed by atoms with Crippen LogP contribution in [0.2, 0.25) is 0 Å². The van der Waals surface area contributed by atoms with Crippen LogP contribution in [-0.2, 0) is 5.41 Å². The van der Waals surface area contributed by atoms with Crippen molar-refractivity contribution in [3.63, 3.8) is 0 Å². The van der Waals surface area contributed by atoms with E-state index in [2.05, 4.69) is 66.2 Å². The zero-order valence-electron chi connectivity index (χ0n) is 12.2. The Hall–Kier alpha value is -1.08. The van der Waals surface area contributed by atoms with Gasteiger partial charge in [-0.2, -0.15) is 0 Å². The Morgan fingerprint density at radius 3 is 2.40 bits per heavy atom. The van der Waals surface area contributed by atoms with E-state index >= 15 is 0 Å². The van der Waals surface area contributed by atoms with Gasteiger partial charge in [0.1, 0.15) is 0 Å². The monoisotopic (exact) mass is 327 g/mol. The molecule has 0 atom stereocenters. The van der Waals surface area contributed by atoms with E-state index in [1.165, 1.54) is 52.4 Å². The predicted octanol–water partition coefficient (Wildman–Crippen LogP) is 6.12. The zero-order valence-corrected chi connectivity index (χ0v) is 13.8. The van der Waals surface area contributed by atoms with Crippen molar-refractivity contribution in [3.05, 3.63) is 58.1 Å². The van der Waals surface area contributed by atoms with Crippen molar-refractivity contribution >= 4 is 15.9 Å². The van der Waals surface area contributed by atoms with Crippen molar-refractivity contribution in [1.82, 2.24) is 0 Å². The van der Waals surface area contributed by atoms with Gasteiger partial charge in [-0.1, -0.05) is 60.8 Å². The second-order valence-corrected chi connectivity index (χ2v) is 6.66. The van der Waals surface area contributed by atoms with Gasteiger partial charge < -0.3 is 0 Å². The smallest absolute Gasteiger partial charge is 0.0215 e. The van der Waals surface area contributed by atoms with Crippen LogP contribution >= 0.6 is 15.9 Å². The molecule has 1 radical (unpaired) electrons. The average molecular weight is 328 g/mol. The molecule has 1 aliphatic rings. The average Bonchev–Trinajstić information content (AvgIpc) is 2.71. The van der Waals surface area contributed by atoms with Crippen LogP contribution in [0.15, 0.2) is 40.9 Å². The lowest BCUT2D eigenvalue weighted by atomic mass is 9.71. The van der Waals surface area contributed by atoms with Gasteiger partial charge >= 0.3 is 0 Å². The Morgan fingerprint density at radius 2 is 1.70 bits per heavy atom. The standard InChI is InChI=1S/C19H20Br/c1-3-11-19(12-4-2)17-8-6-5-7-15(17)16-10-9-14(20)13-18(16)19/h5,7-10,13H,3-4,11-12H2,1-2H3. The van der Waals surface area contributed by atoms with Crippen molar-refractivity contribution in [3.8, 4) is 11.1 Å². The minimum atomic E-state index is 0.190. The number of benzene rings is 2. The van der Waals surface area contributed by atoms with Gasteiger partial charge in [0.25, 0.3) is 0 Å². The molecule has 2 aromatic rings. The summed E-state index contributed by atoms with van der Waals surface area (Å²) in [6.45, 7) is 4.58. The van der Waals surface area contributed by atoms with Crippen LogP contribution in [0.3, 0.4) is 0 Å². The highest BCUT2D eigenvalue weighted by Crippen LogP contribution is 2.54. The van der Waals surface area contributed by atoms with Crippen LogP contribution in [0.1, 0.15) is 50.7 Å². The van der Waals surface area contributed by atoms with E-state index < -0.39 is 0 Å². The molecule has 0 N–H and O–H groups in total. The Labute approximate surface area is 130 Å². The number of rotatable bonds is 4. The van der Waals surface area contributed by atoms with E-state index in [9.17, 15) is 0 Å². The molecule has 0 aromatic heterocycles. The molecule has 0 aliphatic heterocycles. The fourth-order valence-corrected chi connectivity index (χ4v) is 4.23. The fraction of sp³-hybridized carbons (Fsp3) is 0.368. The predicted molar refractivity (Wildman–Crippen MR) is 89.0 cm³/mol. The minimum absolute atomic E-state index is 0.190. The molecule has 1 aliphatic carbocycles. The highest BCUT2D eigenvalue weighted by molar-refractivity contribution is 9.10. The molecule has 3 rings (SSSR count).